The van der Waals surface area contributed by atoms with E-state index in [1.807, 2.05) is 0 Å². The average Bonchev–Trinajstić information content (AvgIpc) is 2.42. The highest BCUT2D eigenvalue weighted by molar-refractivity contribution is 9.10. The fraction of sp³-hybridized carbons (Fsp3) is 0.571. The maximum Gasteiger partial charge on any atom is 0.0606 e. The molecule has 0 fully saturated rings. The molecule has 19 heavy (non-hydrogen) atoms. The lowest BCUT2D eigenvalue weighted by Gasteiger charge is -2.23. The normalized spacial score (nSPS) is 10.7. The van der Waals surface area contributed by atoms with E-state index in [9.17, 15) is 0 Å². The summed E-state index contributed by atoms with van der Waals surface area (Å²) in [5, 5.41) is 12.4. The van der Waals surface area contributed by atoms with Gasteiger partial charge in [-0.25, -0.2) is 0 Å². The van der Waals surface area contributed by atoms with Gasteiger partial charge in [-0.2, -0.15) is 0 Å². The molecule has 5 heteroatoms. The molecule has 1 aromatic carbocycles. The lowest BCUT2D eigenvalue weighted by atomic mass is 10.2. The zero-order chi connectivity index (χ0) is 14.1. The first-order valence-corrected chi connectivity index (χ1v) is 7.36. The average molecular weight is 331 g/mol. The van der Waals surface area contributed by atoms with Crippen molar-refractivity contribution in [1.29, 1.82) is 0 Å². The Kier molecular flexibility index (Phi) is 8.05. The summed E-state index contributed by atoms with van der Waals surface area (Å²) in [7, 11) is 1.70. The molecule has 2 N–H and O–H groups in total. The van der Waals surface area contributed by atoms with Crippen LogP contribution >= 0.6 is 15.9 Å². The van der Waals surface area contributed by atoms with Crippen LogP contribution in [-0.4, -0.2) is 45.1 Å². The lowest BCUT2D eigenvalue weighted by Crippen LogP contribution is -2.26. The molecule has 0 aromatic heterocycles. The van der Waals surface area contributed by atoms with E-state index in [1.165, 1.54) is 5.56 Å². The van der Waals surface area contributed by atoms with Crippen molar-refractivity contribution < 1.29 is 9.84 Å². The van der Waals surface area contributed by atoms with Gasteiger partial charge >= 0.3 is 0 Å². The first-order valence-electron chi connectivity index (χ1n) is 6.56. The third kappa shape index (κ3) is 5.48. The Morgan fingerprint density at radius 1 is 1.42 bits per heavy atom. The van der Waals surface area contributed by atoms with Crippen molar-refractivity contribution in [1.82, 2.24) is 5.32 Å². The van der Waals surface area contributed by atoms with Crippen LogP contribution < -0.4 is 10.2 Å². The van der Waals surface area contributed by atoms with Gasteiger partial charge in [0.2, 0.25) is 0 Å². The van der Waals surface area contributed by atoms with Crippen LogP contribution in [0.25, 0.3) is 0 Å². The number of nitrogens with one attached hydrogen (secondary N) is 1. The largest absolute Gasteiger partial charge is 0.395 e. The second kappa shape index (κ2) is 9.31. The standard InChI is InChI=1S/C14H23BrN2O2/c1-3-17(7-8-18)14-5-4-12(10-13(14)15)11-16-6-9-19-2/h4-5,10,16,18H,3,6-9,11H2,1-2H3. The summed E-state index contributed by atoms with van der Waals surface area (Å²) in [6.07, 6.45) is 0. The van der Waals surface area contributed by atoms with Crippen molar-refractivity contribution in [2.75, 3.05) is 44.9 Å². The number of likely N-dealkylation sites (N-methyl/N-ethyl adjacent to an activating group) is 1. The minimum absolute atomic E-state index is 0.167. The molecule has 0 atom stereocenters. The fourth-order valence-corrected chi connectivity index (χ4v) is 2.57. The smallest absolute Gasteiger partial charge is 0.0606 e. The van der Waals surface area contributed by atoms with Crippen LogP contribution in [0.15, 0.2) is 22.7 Å². The molecule has 0 unspecified atom stereocenters. The summed E-state index contributed by atoms with van der Waals surface area (Å²) >= 11 is 3.61. The van der Waals surface area contributed by atoms with Gasteiger partial charge < -0.3 is 20.1 Å². The van der Waals surface area contributed by atoms with Crippen LogP contribution in [0.4, 0.5) is 5.69 Å². The number of benzene rings is 1. The van der Waals surface area contributed by atoms with Crippen molar-refractivity contribution in [3.63, 3.8) is 0 Å². The van der Waals surface area contributed by atoms with Gasteiger partial charge in [0.15, 0.2) is 0 Å². The minimum atomic E-state index is 0.167. The number of anilines is 1. The van der Waals surface area contributed by atoms with Crippen LogP contribution in [0.1, 0.15) is 12.5 Å². The molecule has 0 radical (unpaired) electrons. The third-order valence-corrected chi connectivity index (χ3v) is 3.55. The second-order valence-corrected chi connectivity index (χ2v) is 5.11. The molecule has 0 saturated heterocycles. The van der Waals surface area contributed by atoms with E-state index < -0.39 is 0 Å². The van der Waals surface area contributed by atoms with Crippen molar-refractivity contribution in [3.8, 4) is 0 Å². The summed E-state index contributed by atoms with van der Waals surface area (Å²) in [6, 6.07) is 6.33. The highest BCUT2D eigenvalue weighted by Crippen LogP contribution is 2.27. The fourth-order valence-electron chi connectivity index (χ4n) is 1.89. The van der Waals surface area contributed by atoms with E-state index in [4.69, 9.17) is 9.84 Å². The molecule has 1 aromatic rings. The molecule has 0 amide bonds. The quantitative estimate of drug-likeness (QED) is 0.680. The minimum Gasteiger partial charge on any atom is -0.395 e. The predicted octanol–water partition coefficient (Wildman–Crippen LogP) is 2.00. The second-order valence-electron chi connectivity index (χ2n) is 4.26. The Morgan fingerprint density at radius 3 is 2.79 bits per heavy atom. The predicted molar refractivity (Wildman–Crippen MR) is 82.7 cm³/mol. The maximum absolute atomic E-state index is 9.06. The van der Waals surface area contributed by atoms with Crippen molar-refractivity contribution in [2.24, 2.45) is 0 Å². The Balaban J connectivity index is 2.62. The zero-order valence-electron chi connectivity index (χ0n) is 11.7. The van der Waals surface area contributed by atoms with Gasteiger partial charge in [0, 0.05) is 37.8 Å². The molecule has 0 aliphatic carbocycles. The summed E-state index contributed by atoms with van der Waals surface area (Å²) in [4.78, 5) is 2.15. The van der Waals surface area contributed by atoms with Gasteiger partial charge in [-0.3, -0.25) is 0 Å². The number of rotatable bonds is 9. The molecular weight excluding hydrogens is 308 g/mol. The summed E-state index contributed by atoms with van der Waals surface area (Å²) < 4.78 is 6.06. The highest BCUT2D eigenvalue weighted by Gasteiger charge is 2.08. The van der Waals surface area contributed by atoms with Gasteiger partial charge in [-0.05, 0) is 40.5 Å². The van der Waals surface area contributed by atoms with Gasteiger partial charge in [0.05, 0.1) is 18.9 Å². The molecular formula is C14H23BrN2O2. The monoisotopic (exact) mass is 330 g/mol. The lowest BCUT2D eigenvalue weighted by molar-refractivity contribution is 0.199. The number of aliphatic hydroxyl groups excluding tert-OH is 1. The Morgan fingerprint density at radius 2 is 2.21 bits per heavy atom. The number of hydrogen-bond donors (Lipinski definition) is 2. The molecule has 0 heterocycles. The molecule has 0 aliphatic heterocycles. The van der Waals surface area contributed by atoms with Gasteiger partial charge in [-0.15, -0.1) is 0 Å². The van der Waals surface area contributed by atoms with Crippen molar-refractivity contribution in [2.45, 2.75) is 13.5 Å². The van der Waals surface area contributed by atoms with Crippen LogP contribution in [0.5, 0.6) is 0 Å². The van der Waals surface area contributed by atoms with Crippen molar-refractivity contribution in [3.05, 3.63) is 28.2 Å². The number of methoxy groups -OCH3 is 1. The number of halogens is 1. The number of ether oxygens (including phenoxy) is 1. The SMILES string of the molecule is CCN(CCO)c1ccc(CNCCOC)cc1Br. The topological polar surface area (TPSA) is 44.7 Å². The number of aliphatic hydroxyl groups is 1. The van der Waals surface area contributed by atoms with Crippen molar-refractivity contribution >= 4 is 21.6 Å². The van der Waals surface area contributed by atoms with E-state index in [1.54, 1.807) is 7.11 Å². The van der Waals surface area contributed by atoms with Gasteiger partial charge in [0.1, 0.15) is 0 Å². The van der Waals surface area contributed by atoms with E-state index in [0.29, 0.717) is 6.54 Å². The van der Waals surface area contributed by atoms with Crippen LogP contribution in [0.2, 0.25) is 0 Å². The Labute approximate surface area is 123 Å². The van der Waals surface area contributed by atoms with E-state index in [-0.39, 0.29) is 6.61 Å². The van der Waals surface area contributed by atoms with Crippen LogP contribution in [-0.2, 0) is 11.3 Å². The van der Waals surface area contributed by atoms with E-state index in [0.717, 1.165) is 36.4 Å². The first-order chi connectivity index (χ1) is 9.22. The van der Waals surface area contributed by atoms with Crippen LogP contribution in [0.3, 0.4) is 0 Å². The maximum atomic E-state index is 9.06. The number of nitrogens with zero attached hydrogens (tertiary/aromatic N) is 1. The number of hydrogen-bond acceptors (Lipinski definition) is 4. The molecule has 0 spiro atoms. The highest BCUT2D eigenvalue weighted by atomic mass is 79.9. The summed E-state index contributed by atoms with van der Waals surface area (Å²) in [5.41, 5.74) is 2.35. The Bertz CT molecular complexity index is 374. The molecule has 4 nitrogen and oxygen atoms in total. The third-order valence-electron chi connectivity index (χ3n) is 2.92. The van der Waals surface area contributed by atoms with Crippen LogP contribution in [0, 0.1) is 0 Å². The molecule has 108 valence electrons. The zero-order valence-corrected chi connectivity index (χ0v) is 13.2. The summed E-state index contributed by atoms with van der Waals surface area (Å²) in [6.45, 7) is 6.18. The molecule has 0 aliphatic rings. The summed E-state index contributed by atoms with van der Waals surface area (Å²) in [5.74, 6) is 0. The van der Waals surface area contributed by atoms with E-state index in [2.05, 4.69) is 51.3 Å². The van der Waals surface area contributed by atoms with E-state index >= 15 is 0 Å². The first kappa shape index (κ1) is 16.4. The Hall–Kier alpha value is -0.620. The molecule has 0 saturated carbocycles. The van der Waals surface area contributed by atoms with Gasteiger partial charge in [-0.1, -0.05) is 6.07 Å². The molecule has 0 bridgehead atoms. The molecule has 1 rings (SSSR count). The van der Waals surface area contributed by atoms with Gasteiger partial charge in [0.25, 0.3) is 0 Å².